The third-order valence-corrected chi connectivity index (χ3v) is 2.94. The molecule has 0 aliphatic rings. The molecule has 16 heavy (non-hydrogen) atoms. The van der Waals surface area contributed by atoms with Crippen molar-refractivity contribution in [3.05, 3.63) is 11.2 Å². The van der Waals surface area contributed by atoms with Crippen LogP contribution in [0.5, 0.6) is 0 Å². The third-order valence-electron chi connectivity index (χ3n) is 2.94. The molecule has 0 rings (SSSR count). The van der Waals surface area contributed by atoms with Crippen LogP contribution in [0.25, 0.3) is 0 Å². The summed E-state index contributed by atoms with van der Waals surface area (Å²) in [7, 11) is 0.120. The van der Waals surface area contributed by atoms with Crippen LogP contribution in [0.3, 0.4) is 0 Å². The number of aliphatic hydroxyl groups is 2. The minimum atomic E-state index is -0.989. The number of nitrogens with one attached hydrogen (secondary N) is 1. The monoisotopic (exact) mass is 227 g/mol. The summed E-state index contributed by atoms with van der Waals surface area (Å²) in [5.74, 6) is 0.0824. The van der Waals surface area contributed by atoms with Crippen molar-refractivity contribution < 1.29 is 14.9 Å². The average Bonchev–Trinajstić information content (AvgIpc) is 1.99. The zero-order valence-corrected chi connectivity index (χ0v) is 11.0. The van der Waals surface area contributed by atoms with E-state index in [1.54, 1.807) is 34.6 Å². The van der Waals surface area contributed by atoms with Crippen molar-refractivity contribution in [2.75, 3.05) is 0 Å². The van der Waals surface area contributed by atoms with Gasteiger partial charge in [0.15, 0.2) is 0 Å². The van der Waals surface area contributed by atoms with Crippen LogP contribution in [-0.2, 0) is 4.65 Å². The maximum atomic E-state index is 9.88. The van der Waals surface area contributed by atoms with Crippen LogP contribution in [0.2, 0.25) is 0 Å². The van der Waals surface area contributed by atoms with E-state index in [4.69, 9.17) is 10.1 Å². The number of hydrogen-bond acceptors (Lipinski definition) is 4. The molecular weight excluding hydrogens is 205 g/mol. The Hall–Kier alpha value is -0.805. The molecule has 0 unspecified atom stereocenters. The Kier molecular flexibility index (Phi) is 4.76. The molecule has 0 atom stereocenters. The van der Waals surface area contributed by atoms with Gasteiger partial charge in [0.05, 0.1) is 17.0 Å². The first-order chi connectivity index (χ1) is 6.99. The van der Waals surface area contributed by atoms with E-state index in [1.807, 2.05) is 0 Å². The van der Waals surface area contributed by atoms with Gasteiger partial charge < -0.3 is 20.3 Å². The Balaban J connectivity index is 4.69. The second-order valence-corrected chi connectivity index (χ2v) is 5.05. The molecular formula is C11H22BNO3. The molecule has 0 bridgehead atoms. The fourth-order valence-electron chi connectivity index (χ4n) is 0.913. The molecule has 0 fully saturated rings. The molecule has 0 saturated carbocycles. The largest absolute Gasteiger partial charge is 0.513 e. The summed E-state index contributed by atoms with van der Waals surface area (Å²) in [6, 6.07) is 0. The molecule has 0 aromatic carbocycles. The molecule has 4 nitrogen and oxygen atoms in total. The number of hydrogen-bond donors (Lipinski definition) is 3. The molecule has 0 heterocycles. The number of rotatable bonds is 5. The first-order valence-electron chi connectivity index (χ1n) is 5.29. The topological polar surface area (TPSA) is 73.5 Å². The van der Waals surface area contributed by atoms with Gasteiger partial charge in [-0.1, -0.05) is 0 Å². The Morgan fingerprint density at radius 1 is 1.19 bits per heavy atom. The summed E-state index contributed by atoms with van der Waals surface area (Å²) in [5, 5.41) is 26.7. The molecule has 92 valence electrons. The predicted molar refractivity (Wildman–Crippen MR) is 67.3 cm³/mol. The fraction of sp³-hybridized carbons (Fsp3) is 0.727. The van der Waals surface area contributed by atoms with Crippen LogP contribution in [0, 0.1) is 5.41 Å². The highest BCUT2D eigenvalue weighted by Gasteiger charge is 2.36. The van der Waals surface area contributed by atoms with Crippen molar-refractivity contribution in [3.63, 3.8) is 0 Å². The van der Waals surface area contributed by atoms with Gasteiger partial charge in [0, 0.05) is 11.2 Å². The zero-order chi connectivity index (χ0) is 13.1. The lowest BCUT2D eigenvalue weighted by molar-refractivity contribution is -0.0896. The lowest BCUT2D eigenvalue weighted by atomic mass is 9.79. The molecule has 0 aliphatic heterocycles. The summed E-state index contributed by atoms with van der Waals surface area (Å²) in [6.45, 7) is 10.00. The molecule has 3 N–H and O–H groups in total. The van der Waals surface area contributed by atoms with E-state index in [1.165, 1.54) is 6.92 Å². The standard InChI is InChI=1S/C11H22BNO3/c1-7(13)9(8(2)14)12-16-11(5,6)10(3,4)15/h12-15H,1-6H3/b9-8+,13-7?. The normalized spacial score (nSPS) is 14.4. The van der Waals surface area contributed by atoms with Gasteiger partial charge >= 0.3 is 7.48 Å². The van der Waals surface area contributed by atoms with Crippen molar-refractivity contribution in [2.45, 2.75) is 52.7 Å². The van der Waals surface area contributed by atoms with Crippen LogP contribution in [-0.4, -0.2) is 34.6 Å². The first kappa shape index (κ1) is 15.2. The van der Waals surface area contributed by atoms with Crippen LogP contribution < -0.4 is 0 Å². The van der Waals surface area contributed by atoms with E-state index in [-0.39, 0.29) is 19.0 Å². The molecule has 0 aromatic heterocycles. The van der Waals surface area contributed by atoms with E-state index < -0.39 is 11.2 Å². The summed E-state index contributed by atoms with van der Waals surface area (Å²) in [6.07, 6.45) is 0. The summed E-state index contributed by atoms with van der Waals surface area (Å²) in [5.41, 5.74) is -1.01. The quantitative estimate of drug-likeness (QED) is 0.380. The van der Waals surface area contributed by atoms with Gasteiger partial charge in [-0.3, -0.25) is 0 Å². The van der Waals surface area contributed by atoms with E-state index in [9.17, 15) is 10.2 Å². The Bertz CT molecular complexity index is 299. The minimum absolute atomic E-state index is 0.0824. The molecule has 5 heteroatoms. The molecule has 0 aromatic rings. The van der Waals surface area contributed by atoms with Crippen LogP contribution >= 0.6 is 0 Å². The van der Waals surface area contributed by atoms with Gasteiger partial charge in [-0.05, 0) is 41.5 Å². The van der Waals surface area contributed by atoms with E-state index in [0.29, 0.717) is 5.47 Å². The minimum Gasteiger partial charge on any atom is -0.513 e. The van der Waals surface area contributed by atoms with Crippen molar-refractivity contribution in [1.29, 1.82) is 5.41 Å². The summed E-state index contributed by atoms with van der Waals surface area (Å²) in [4.78, 5) is 0. The molecule has 0 spiro atoms. The van der Waals surface area contributed by atoms with Gasteiger partial charge in [0.25, 0.3) is 0 Å². The van der Waals surface area contributed by atoms with E-state index in [2.05, 4.69) is 0 Å². The maximum Gasteiger partial charge on any atom is 0.314 e. The van der Waals surface area contributed by atoms with Gasteiger partial charge in [-0.2, -0.15) is 0 Å². The smallest absolute Gasteiger partial charge is 0.314 e. The van der Waals surface area contributed by atoms with E-state index in [0.717, 1.165) is 0 Å². The lowest BCUT2D eigenvalue weighted by Gasteiger charge is -2.37. The fourth-order valence-corrected chi connectivity index (χ4v) is 0.913. The van der Waals surface area contributed by atoms with Gasteiger partial charge in [0.2, 0.25) is 0 Å². The van der Waals surface area contributed by atoms with Crippen molar-refractivity contribution >= 4 is 13.2 Å². The SMILES string of the molecule is CC(=N)/C(BOC(C)(C)C(C)(C)O)=C(/C)O. The Morgan fingerprint density at radius 2 is 1.62 bits per heavy atom. The Labute approximate surface area is 98.1 Å². The molecule has 0 saturated heterocycles. The maximum absolute atomic E-state index is 9.88. The molecule has 0 radical (unpaired) electrons. The van der Waals surface area contributed by atoms with Crippen LogP contribution in [0.1, 0.15) is 41.5 Å². The number of aliphatic hydroxyl groups excluding tert-OH is 1. The predicted octanol–water partition coefficient (Wildman–Crippen LogP) is 1.73. The van der Waals surface area contributed by atoms with Gasteiger partial charge in [0.1, 0.15) is 0 Å². The number of allylic oxidation sites excluding steroid dienone is 2. The Morgan fingerprint density at radius 3 is 1.88 bits per heavy atom. The van der Waals surface area contributed by atoms with Gasteiger partial charge in [-0.15, -0.1) is 0 Å². The first-order valence-corrected chi connectivity index (χ1v) is 5.29. The molecule has 0 aliphatic carbocycles. The van der Waals surface area contributed by atoms with Crippen molar-refractivity contribution in [2.24, 2.45) is 0 Å². The third kappa shape index (κ3) is 3.98. The average molecular weight is 227 g/mol. The second kappa shape index (κ2) is 5.02. The highest BCUT2D eigenvalue weighted by Crippen LogP contribution is 2.25. The molecule has 0 amide bonds. The lowest BCUT2D eigenvalue weighted by Crippen LogP contribution is -2.48. The second-order valence-electron chi connectivity index (χ2n) is 5.05. The van der Waals surface area contributed by atoms with Crippen molar-refractivity contribution in [3.8, 4) is 0 Å². The summed E-state index contributed by atoms with van der Waals surface area (Å²) >= 11 is 0. The van der Waals surface area contributed by atoms with Crippen LogP contribution in [0.4, 0.5) is 0 Å². The van der Waals surface area contributed by atoms with Crippen molar-refractivity contribution in [1.82, 2.24) is 0 Å². The zero-order valence-electron chi connectivity index (χ0n) is 11.0. The highest BCUT2D eigenvalue weighted by atomic mass is 16.5. The highest BCUT2D eigenvalue weighted by molar-refractivity contribution is 6.49. The van der Waals surface area contributed by atoms with Crippen LogP contribution in [0.15, 0.2) is 11.2 Å². The van der Waals surface area contributed by atoms with Gasteiger partial charge in [-0.25, -0.2) is 0 Å². The summed E-state index contributed by atoms with van der Waals surface area (Å²) < 4.78 is 5.57. The van der Waals surface area contributed by atoms with E-state index >= 15 is 0 Å².